The van der Waals surface area contributed by atoms with Gasteiger partial charge in [-0.3, -0.25) is 0 Å². The Morgan fingerprint density at radius 2 is 2.15 bits per heavy atom. The Balaban J connectivity index is 1.28. The van der Waals surface area contributed by atoms with Crippen molar-refractivity contribution in [2.24, 2.45) is 0 Å². The molecule has 6 nitrogen and oxygen atoms in total. The van der Waals surface area contributed by atoms with Crippen molar-refractivity contribution in [2.45, 2.75) is 25.6 Å². The highest BCUT2D eigenvalue weighted by molar-refractivity contribution is 7.13. The zero-order valence-corrected chi connectivity index (χ0v) is 15.4. The van der Waals surface area contributed by atoms with Crippen LogP contribution >= 0.6 is 11.3 Å². The van der Waals surface area contributed by atoms with E-state index >= 15 is 0 Å². The molecule has 0 aliphatic carbocycles. The lowest BCUT2D eigenvalue weighted by molar-refractivity contribution is 0.0464. The van der Waals surface area contributed by atoms with Crippen LogP contribution in [0.3, 0.4) is 0 Å². The topological polar surface area (TPSA) is 70.8 Å². The molecule has 1 atom stereocenters. The first-order valence-electron chi connectivity index (χ1n) is 8.79. The predicted molar refractivity (Wildman–Crippen MR) is 99.8 cm³/mol. The second kappa shape index (κ2) is 8.37. The van der Waals surface area contributed by atoms with Crippen LogP contribution in [0.15, 0.2) is 52.4 Å². The molecule has 0 saturated carbocycles. The number of benzene rings is 1. The average molecular weight is 385 g/mol. The lowest BCUT2D eigenvalue weighted by atomic mass is 10.2. The Hall–Kier alpha value is -2.64. The third-order valence-electron chi connectivity index (χ3n) is 4.22. The molecule has 2 aromatic heterocycles. The minimum Gasteiger partial charge on any atom is -0.491 e. The molecule has 140 valence electrons. The Labute approximate surface area is 160 Å². The van der Waals surface area contributed by atoms with E-state index in [1.165, 1.54) is 0 Å². The largest absolute Gasteiger partial charge is 0.491 e. The molecule has 1 aliphatic rings. The number of ether oxygens (including phenoxy) is 3. The van der Waals surface area contributed by atoms with Gasteiger partial charge in [0, 0.05) is 12.7 Å². The molecular weight excluding hydrogens is 366 g/mol. The van der Waals surface area contributed by atoms with Crippen molar-refractivity contribution in [3.63, 3.8) is 0 Å². The first-order chi connectivity index (χ1) is 13.3. The molecule has 1 fully saturated rings. The zero-order chi connectivity index (χ0) is 18.5. The van der Waals surface area contributed by atoms with E-state index in [1.54, 1.807) is 41.7 Å². The predicted octanol–water partition coefficient (Wildman–Crippen LogP) is 4.32. The van der Waals surface area contributed by atoms with Crippen molar-refractivity contribution in [3.8, 4) is 16.4 Å². The van der Waals surface area contributed by atoms with Crippen LogP contribution in [0.2, 0.25) is 0 Å². The van der Waals surface area contributed by atoms with Gasteiger partial charge >= 0.3 is 5.97 Å². The number of carbonyl (C=O) groups excluding carboxylic acids is 1. The van der Waals surface area contributed by atoms with E-state index in [1.807, 2.05) is 17.5 Å². The molecule has 0 bridgehead atoms. The fraction of sp³-hybridized carbons (Fsp3) is 0.300. The highest BCUT2D eigenvalue weighted by Gasteiger charge is 2.16. The van der Waals surface area contributed by atoms with Gasteiger partial charge in [-0.05, 0) is 48.6 Å². The molecule has 4 rings (SSSR count). The normalized spacial score (nSPS) is 16.4. The molecular formula is C20H19NO5S. The molecule has 1 saturated heterocycles. The van der Waals surface area contributed by atoms with Crippen molar-refractivity contribution in [1.29, 1.82) is 0 Å². The van der Waals surface area contributed by atoms with Gasteiger partial charge in [0.2, 0.25) is 0 Å². The first kappa shape index (κ1) is 17.8. The van der Waals surface area contributed by atoms with Crippen molar-refractivity contribution in [3.05, 3.63) is 59.1 Å². The molecule has 0 amide bonds. The van der Waals surface area contributed by atoms with Crippen molar-refractivity contribution >= 4 is 17.3 Å². The fourth-order valence-corrected chi connectivity index (χ4v) is 3.46. The van der Waals surface area contributed by atoms with Crippen molar-refractivity contribution in [2.75, 3.05) is 13.2 Å². The lowest BCUT2D eigenvalue weighted by Gasteiger charge is -2.11. The zero-order valence-electron chi connectivity index (χ0n) is 14.6. The summed E-state index contributed by atoms with van der Waals surface area (Å²) in [4.78, 5) is 13.2. The number of aromatic nitrogens is 1. The van der Waals surface area contributed by atoms with Crippen molar-refractivity contribution in [1.82, 2.24) is 5.16 Å². The Bertz CT molecular complexity index is 866. The molecule has 7 heteroatoms. The molecule has 0 spiro atoms. The molecule has 27 heavy (non-hydrogen) atoms. The number of rotatable bonds is 7. The summed E-state index contributed by atoms with van der Waals surface area (Å²) in [5.74, 6) is 0.962. The van der Waals surface area contributed by atoms with Crippen LogP contribution in [0.25, 0.3) is 10.6 Å². The van der Waals surface area contributed by atoms with Crippen molar-refractivity contribution < 1.29 is 23.5 Å². The third kappa shape index (κ3) is 4.56. The summed E-state index contributed by atoms with van der Waals surface area (Å²) in [7, 11) is 0. The van der Waals surface area contributed by atoms with Gasteiger partial charge in [-0.2, -0.15) is 0 Å². The van der Waals surface area contributed by atoms with Gasteiger partial charge < -0.3 is 18.7 Å². The molecule has 0 N–H and O–H groups in total. The van der Waals surface area contributed by atoms with Gasteiger partial charge in [0.15, 0.2) is 5.76 Å². The van der Waals surface area contributed by atoms with E-state index in [9.17, 15) is 4.79 Å². The second-order valence-electron chi connectivity index (χ2n) is 6.21. The summed E-state index contributed by atoms with van der Waals surface area (Å²) in [6.45, 7) is 1.40. The van der Waals surface area contributed by atoms with Gasteiger partial charge in [-0.25, -0.2) is 4.79 Å². The molecule has 3 aromatic rings. The monoisotopic (exact) mass is 385 g/mol. The highest BCUT2D eigenvalue weighted by Crippen LogP contribution is 2.25. The number of nitrogens with zero attached hydrogens (tertiary/aromatic N) is 1. The molecule has 3 heterocycles. The number of carbonyl (C=O) groups is 1. The second-order valence-corrected chi connectivity index (χ2v) is 7.15. The lowest BCUT2D eigenvalue weighted by Crippen LogP contribution is -2.16. The van der Waals surface area contributed by atoms with E-state index in [0.29, 0.717) is 29.4 Å². The summed E-state index contributed by atoms with van der Waals surface area (Å²) in [6.07, 6.45) is 2.27. The van der Waals surface area contributed by atoms with Crippen LogP contribution in [0.1, 0.15) is 28.9 Å². The maximum absolute atomic E-state index is 12.2. The smallest absolute Gasteiger partial charge is 0.338 e. The molecule has 0 unspecified atom stereocenters. The highest BCUT2D eigenvalue weighted by atomic mass is 32.1. The van der Waals surface area contributed by atoms with Gasteiger partial charge in [0.1, 0.15) is 24.7 Å². The minimum absolute atomic E-state index is 0.0605. The average Bonchev–Trinajstić information content (AvgIpc) is 3.47. The number of hydrogen-bond acceptors (Lipinski definition) is 7. The Morgan fingerprint density at radius 3 is 2.89 bits per heavy atom. The Morgan fingerprint density at radius 1 is 1.26 bits per heavy atom. The summed E-state index contributed by atoms with van der Waals surface area (Å²) in [6, 6.07) is 12.6. The minimum atomic E-state index is -0.415. The van der Waals surface area contributed by atoms with E-state index in [4.69, 9.17) is 18.7 Å². The standard InChI is InChI=1S/C20H19NO5S/c22-20(25-12-15-11-18(26-21-15)19-4-2-10-27-19)14-5-7-16(8-6-14)24-13-17-3-1-9-23-17/h2,4-8,10-11,17H,1,3,9,12-13H2/t17-/m0/s1. The third-order valence-corrected chi connectivity index (χ3v) is 5.11. The van der Waals surface area contributed by atoms with E-state index in [0.717, 1.165) is 24.3 Å². The summed E-state index contributed by atoms with van der Waals surface area (Å²) >= 11 is 1.56. The van der Waals surface area contributed by atoms with Crippen LogP contribution in [0.4, 0.5) is 0 Å². The van der Waals surface area contributed by atoms with E-state index in [2.05, 4.69) is 5.16 Å². The number of thiophene rings is 1. The number of hydrogen-bond donors (Lipinski definition) is 0. The molecule has 1 aliphatic heterocycles. The van der Waals surface area contributed by atoms with Crippen LogP contribution in [0.5, 0.6) is 5.75 Å². The SMILES string of the molecule is O=C(OCc1cc(-c2cccs2)on1)c1ccc(OC[C@@H]2CCCO2)cc1. The van der Waals surface area contributed by atoms with Gasteiger partial charge in [0.25, 0.3) is 0 Å². The molecule has 0 radical (unpaired) electrons. The maximum Gasteiger partial charge on any atom is 0.338 e. The van der Waals surface area contributed by atoms with Crippen LogP contribution in [0, 0.1) is 0 Å². The van der Waals surface area contributed by atoms with Gasteiger partial charge in [-0.15, -0.1) is 11.3 Å². The van der Waals surface area contributed by atoms with Crippen LogP contribution in [-0.4, -0.2) is 30.4 Å². The van der Waals surface area contributed by atoms with Gasteiger partial charge in [0.05, 0.1) is 16.5 Å². The maximum atomic E-state index is 12.2. The van der Waals surface area contributed by atoms with E-state index in [-0.39, 0.29) is 12.7 Å². The number of esters is 1. The fourth-order valence-electron chi connectivity index (χ4n) is 2.79. The quantitative estimate of drug-likeness (QED) is 0.564. The van der Waals surface area contributed by atoms with Crippen LogP contribution < -0.4 is 4.74 Å². The first-order valence-corrected chi connectivity index (χ1v) is 9.67. The molecule has 1 aromatic carbocycles. The summed E-state index contributed by atoms with van der Waals surface area (Å²) in [5.41, 5.74) is 1.03. The Kier molecular flexibility index (Phi) is 5.50. The summed E-state index contributed by atoms with van der Waals surface area (Å²) < 4.78 is 21.8. The van der Waals surface area contributed by atoms with Gasteiger partial charge in [-0.1, -0.05) is 11.2 Å². The summed E-state index contributed by atoms with van der Waals surface area (Å²) in [5, 5.41) is 5.90. The van der Waals surface area contributed by atoms with Crippen LogP contribution in [-0.2, 0) is 16.1 Å². The van der Waals surface area contributed by atoms with E-state index < -0.39 is 5.97 Å².